The fourth-order valence-electron chi connectivity index (χ4n) is 5.22. The maximum atomic E-state index is 15.3. The van der Waals surface area contributed by atoms with Crippen LogP contribution in [0.25, 0.3) is 11.0 Å². The van der Waals surface area contributed by atoms with E-state index >= 15 is 4.39 Å². The van der Waals surface area contributed by atoms with E-state index in [4.69, 9.17) is 9.47 Å². The van der Waals surface area contributed by atoms with Crippen LogP contribution in [0.1, 0.15) is 43.5 Å². The Bertz CT molecular complexity index is 1760. The molecule has 0 saturated heterocycles. The molecule has 0 aromatic carbocycles. The molecular formula is C36H53FN6O6Si. The number of ether oxygens (including phenoxy) is 2. The van der Waals surface area contributed by atoms with E-state index in [0.717, 1.165) is 17.3 Å². The van der Waals surface area contributed by atoms with Gasteiger partial charge in [0.2, 0.25) is 5.91 Å². The minimum Gasteiger partial charge on any atom is -0.436 e. The van der Waals surface area contributed by atoms with Gasteiger partial charge in [0.15, 0.2) is 6.10 Å². The number of likely N-dealkylation sites (N-methyl/N-ethyl adjacent to an activating group) is 1. The van der Waals surface area contributed by atoms with E-state index in [1.807, 2.05) is 25.3 Å². The van der Waals surface area contributed by atoms with E-state index in [2.05, 4.69) is 29.9 Å². The molecule has 1 unspecified atom stereocenters. The molecule has 3 aromatic rings. The number of hydrogen-bond donors (Lipinski definition) is 1. The van der Waals surface area contributed by atoms with Crippen molar-refractivity contribution in [3.05, 3.63) is 69.7 Å². The highest BCUT2D eigenvalue weighted by Crippen LogP contribution is 2.31. The maximum absolute atomic E-state index is 15.3. The van der Waals surface area contributed by atoms with Gasteiger partial charge in [-0.3, -0.25) is 19.4 Å². The summed E-state index contributed by atoms with van der Waals surface area (Å²) in [6, 6.07) is 4.08. The van der Waals surface area contributed by atoms with Crippen LogP contribution in [-0.4, -0.2) is 90.8 Å². The monoisotopic (exact) mass is 712 g/mol. The van der Waals surface area contributed by atoms with E-state index < -0.39 is 31.7 Å². The van der Waals surface area contributed by atoms with Crippen LogP contribution in [0, 0.1) is 18.7 Å². The van der Waals surface area contributed by atoms with Gasteiger partial charge >= 0.3 is 6.09 Å². The van der Waals surface area contributed by atoms with Crippen LogP contribution >= 0.6 is 0 Å². The number of allylic oxidation sites excluding steroid dienone is 1. The number of hydrogen-bond acceptors (Lipinski definition) is 7. The van der Waals surface area contributed by atoms with E-state index in [1.165, 1.54) is 46.8 Å². The molecule has 0 saturated carbocycles. The summed E-state index contributed by atoms with van der Waals surface area (Å²) in [5.41, 5.74) is 2.92. The van der Waals surface area contributed by atoms with Crippen molar-refractivity contribution < 1.29 is 28.2 Å². The van der Waals surface area contributed by atoms with Crippen LogP contribution in [0.2, 0.25) is 25.7 Å². The van der Waals surface area contributed by atoms with E-state index in [-0.39, 0.29) is 49.4 Å². The Kier molecular flexibility index (Phi) is 14.1. The Morgan fingerprint density at radius 1 is 1.12 bits per heavy atom. The number of nitrogens with one attached hydrogen (secondary N) is 1. The van der Waals surface area contributed by atoms with Gasteiger partial charge in [0.05, 0.1) is 23.8 Å². The SMILES string of the molecule is Cc1c(Cn2cccc(NC(=O)C(CC/C=C/C(=O)N(C)C)OC(=O)N(C)C)c2=O)n(COCC[Si](C)(C)C)c2c(CC(C)C)c(F)cnc12. The first kappa shape index (κ1) is 40.1. The molecule has 50 heavy (non-hydrogen) atoms. The normalized spacial score (nSPS) is 12.5. The molecule has 0 fully saturated rings. The molecule has 1 N–H and O–H groups in total. The molecule has 0 spiro atoms. The van der Waals surface area contributed by atoms with E-state index in [0.29, 0.717) is 29.6 Å². The van der Waals surface area contributed by atoms with Crippen LogP contribution in [0.5, 0.6) is 0 Å². The highest BCUT2D eigenvalue weighted by atomic mass is 28.3. The Labute approximate surface area is 295 Å². The highest BCUT2D eigenvalue weighted by Gasteiger charge is 2.26. The number of anilines is 1. The third-order valence-corrected chi connectivity index (χ3v) is 9.82. The second-order valence-corrected chi connectivity index (χ2v) is 20.2. The fourth-order valence-corrected chi connectivity index (χ4v) is 5.98. The van der Waals surface area contributed by atoms with Crippen LogP contribution in [0.3, 0.4) is 0 Å². The molecular weight excluding hydrogens is 660 g/mol. The molecule has 3 amide bonds. The molecule has 1 atom stereocenters. The number of aryl methyl sites for hydroxylation is 1. The van der Waals surface area contributed by atoms with Gasteiger partial charge in [0.1, 0.15) is 18.2 Å². The number of rotatable bonds is 16. The lowest BCUT2D eigenvalue weighted by Crippen LogP contribution is -2.37. The lowest BCUT2D eigenvalue weighted by Gasteiger charge is -2.20. The first-order valence-corrected chi connectivity index (χ1v) is 20.6. The van der Waals surface area contributed by atoms with Gasteiger partial charge in [0.25, 0.3) is 11.5 Å². The first-order chi connectivity index (χ1) is 23.4. The number of halogens is 1. The Morgan fingerprint density at radius 2 is 1.82 bits per heavy atom. The lowest BCUT2D eigenvalue weighted by molar-refractivity contribution is -0.125. The Balaban J connectivity index is 1.97. The van der Waals surface area contributed by atoms with Crippen molar-refractivity contribution in [3.8, 4) is 0 Å². The summed E-state index contributed by atoms with van der Waals surface area (Å²) in [4.78, 5) is 58.6. The third kappa shape index (κ3) is 10.8. The van der Waals surface area contributed by atoms with Crippen molar-refractivity contribution in [1.29, 1.82) is 0 Å². The van der Waals surface area contributed by atoms with Crippen molar-refractivity contribution in [2.75, 3.05) is 40.1 Å². The number of carbonyl (C=O) groups excluding carboxylic acids is 3. The van der Waals surface area contributed by atoms with Crippen molar-refractivity contribution in [3.63, 3.8) is 0 Å². The largest absolute Gasteiger partial charge is 0.436 e. The second-order valence-electron chi connectivity index (χ2n) is 14.6. The topological polar surface area (TPSA) is 128 Å². The number of nitrogens with zero attached hydrogens (tertiary/aromatic N) is 5. The predicted molar refractivity (Wildman–Crippen MR) is 197 cm³/mol. The van der Waals surface area contributed by atoms with Crippen molar-refractivity contribution in [2.24, 2.45) is 5.92 Å². The minimum atomic E-state index is -1.36. The van der Waals surface area contributed by atoms with Crippen LogP contribution in [0.15, 0.2) is 41.5 Å². The van der Waals surface area contributed by atoms with Gasteiger partial charge in [0, 0.05) is 60.3 Å². The molecule has 0 aliphatic rings. The molecule has 0 radical (unpaired) electrons. The molecule has 3 heterocycles. The van der Waals surface area contributed by atoms with Gasteiger partial charge in [-0.15, -0.1) is 0 Å². The van der Waals surface area contributed by atoms with Crippen molar-refractivity contribution in [2.45, 2.75) is 85.1 Å². The average Bonchev–Trinajstić information content (AvgIpc) is 3.29. The molecule has 3 rings (SSSR count). The van der Waals surface area contributed by atoms with Gasteiger partial charge in [-0.25, -0.2) is 9.18 Å². The van der Waals surface area contributed by atoms with Gasteiger partial charge in [-0.05, 0) is 61.9 Å². The Morgan fingerprint density at radius 3 is 2.44 bits per heavy atom. The summed E-state index contributed by atoms with van der Waals surface area (Å²) in [5.74, 6) is -1.09. The zero-order chi connectivity index (χ0) is 37.3. The summed E-state index contributed by atoms with van der Waals surface area (Å²) < 4.78 is 30.3. The molecule has 274 valence electrons. The summed E-state index contributed by atoms with van der Waals surface area (Å²) in [6.07, 6.45) is 4.77. The summed E-state index contributed by atoms with van der Waals surface area (Å²) in [7, 11) is 4.88. The summed E-state index contributed by atoms with van der Waals surface area (Å²) in [6.45, 7) is 13.6. The standard InChI is InChI=1S/C36H53FN6O6Si/c1-24(2)20-26-27(37)21-38-32-25(3)29(43(33(26)32)23-48-18-19-50(8,9)10)22-42-17-13-14-28(35(42)46)39-34(45)30(49-36(47)41(6)7)15-11-12-16-31(44)40(4)5/h12-14,16-17,21,24,30H,11,15,18-20,22-23H2,1-10H3,(H,39,45)/b16-12+. The zero-order valence-electron chi connectivity index (χ0n) is 31.1. The van der Waals surface area contributed by atoms with Crippen molar-refractivity contribution in [1.82, 2.24) is 23.9 Å². The lowest BCUT2D eigenvalue weighted by atomic mass is 10.0. The number of aromatic nitrogens is 3. The number of amides is 3. The summed E-state index contributed by atoms with van der Waals surface area (Å²) >= 11 is 0. The van der Waals surface area contributed by atoms with Gasteiger partial charge in [-0.2, -0.15) is 0 Å². The molecule has 0 aliphatic carbocycles. The number of pyridine rings is 2. The van der Waals surface area contributed by atoms with Crippen LogP contribution < -0.4 is 10.9 Å². The molecule has 12 nitrogen and oxygen atoms in total. The van der Waals surface area contributed by atoms with Gasteiger partial charge < -0.3 is 33.7 Å². The number of fused-ring (bicyclic) bond motifs is 1. The van der Waals surface area contributed by atoms with Crippen LogP contribution in [0.4, 0.5) is 14.9 Å². The first-order valence-electron chi connectivity index (χ1n) is 16.9. The quantitative estimate of drug-likeness (QED) is 0.116. The van der Waals surface area contributed by atoms with Crippen molar-refractivity contribution >= 4 is 42.7 Å². The number of carbonyl (C=O) groups is 3. The fraction of sp³-hybridized carbons (Fsp3) is 0.528. The second kappa shape index (κ2) is 17.6. The highest BCUT2D eigenvalue weighted by molar-refractivity contribution is 6.76. The predicted octanol–water partition coefficient (Wildman–Crippen LogP) is 5.63. The molecule has 3 aromatic heterocycles. The zero-order valence-corrected chi connectivity index (χ0v) is 32.1. The third-order valence-electron chi connectivity index (χ3n) is 8.11. The minimum absolute atomic E-state index is 0.00176. The van der Waals surface area contributed by atoms with Crippen LogP contribution in [-0.2, 0) is 38.8 Å². The van der Waals surface area contributed by atoms with E-state index in [1.54, 1.807) is 32.4 Å². The average molecular weight is 713 g/mol. The molecule has 0 aliphatic heterocycles. The Hall–Kier alpha value is -4.30. The smallest absolute Gasteiger partial charge is 0.410 e. The maximum Gasteiger partial charge on any atom is 0.410 e. The molecule has 14 heteroatoms. The molecule has 0 bridgehead atoms. The van der Waals surface area contributed by atoms with Gasteiger partial charge in [-0.1, -0.05) is 39.6 Å². The van der Waals surface area contributed by atoms with E-state index in [9.17, 15) is 19.2 Å². The summed E-state index contributed by atoms with van der Waals surface area (Å²) in [5, 5.41) is 2.64.